The molecule has 3 atom stereocenters. The summed E-state index contributed by atoms with van der Waals surface area (Å²) in [5, 5.41) is 13.4. The Bertz CT molecular complexity index is 276. The van der Waals surface area contributed by atoms with Crippen LogP contribution in [0.15, 0.2) is 0 Å². The average Bonchev–Trinajstić information content (AvgIpc) is 2.45. The number of nitrogens with one attached hydrogen (secondary N) is 1. The molecule has 1 aliphatic carbocycles. The van der Waals surface area contributed by atoms with Gasteiger partial charge in [0, 0.05) is 17.6 Å². The molecular weight excluding hydrogens is 260 g/mol. The van der Waals surface area contributed by atoms with Crippen molar-refractivity contribution in [3.63, 3.8) is 0 Å². The van der Waals surface area contributed by atoms with Crippen LogP contribution < -0.4 is 5.32 Å². The van der Waals surface area contributed by atoms with Crippen molar-refractivity contribution in [2.45, 2.75) is 90.3 Å². The number of aliphatic hydroxyl groups excluding tert-OH is 1. The Morgan fingerprint density at radius 1 is 1.33 bits per heavy atom. The van der Waals surface area contributed by atoms with E-state index < -0.39 is 0 Å². The van der Waals surface area contributed by atoms with Crippen molar-refractivity contribution in [3.05, 3.63) is 0 Å². The van der Waals surface area contributed by atoms with Crippen molar-refractivity contribution in [2.24, 2.45) is 5.92 Å². The number of hydrogen-bond acceptors (Lipinski definition) is 3. The summed E-state index contributed by atoms with van der Waals surface area (Å²) in [4.78, 5) is 2.56. The molecule has 1 saturated carbocycles. The first-order valence-corrected chi connectivity index (χ1v) is 9.01. The molecule has 126 valence electrons. The van der Waals surface area contributed by atoms with Crippen molar-refractivity contribution in [2.75, 3.05) is 20.2 Å². The Labute approximate surface area is 132 Å². The molecule has 0 aromatic carbocycles. The van der Waals surface area contributed by atoms with Gasteiger partial charge in [-0.05, 0) is 51.6 Å². The van der Waals surface area contributed by atoms with Gasteiger partial charge in [0.25, 0.3) is 0 Å². The first-order valence-electron chi connectivity index (χ1n) is 9.01. The number of nitrogens with zero attached hydrogens (tertiary/aromatic N) is 1. The van der Waals surface area contributed by atoms with E-state index in [1.807, 2.05) is 0 Å². The van der Waals surface area contributed by atoms with Crippen LogP contribution in [0.5, 0.6) is 0 Å². The minimum absolute atomic E-state index is 0.0884. The van der Waals surface area contributed by atoms with Crippen LogP contribution in [0.4, 0.5) is 0 Å². The molecule has 0 saturated heterocycles. The molecular formula is C18H38N2O. The van der Waals surface area contributed by atoms with E-state index >= 15 is 0 Å². The highest BCUT2D eigenvalue weighted by Crippen LogP contribution is 2.27. The summed E-state index contributed by atoms with van der Waals surface area (Å²) >= 11 is 0. The van der Waals surface area contributed by atoms with Gasteiger partial charge in [0.05, 0.1) is 6.61 Å². The Balaban J connectivity index is 2.38. The quantitative estimate of drug-likeness (QED) is 0.685. The van der Waals surface area contributed by atoms with E-state index in [0.717, 1.165) is 37.8 Å². The maximum Gasteiger partial charge on any atom is 0.0613 e. The zero-order valence-corrected chi connectivity index (χ0v) is 15.0. The molecule has 0 radical (unpaired) electrons. The standard InChI is InChI=1S/C18H38N2O/c1-6-18(14-21,19-15(2)3)11-8-12-20(5)17-10-7-9-16(4)13-17/h15-17,19,21H,6-14H2,1-5H3. The molecule has 0 aromatic heterocycles. The van der Waals surface area contributed by atoms with Crippen LogP contribution >= 0.6 is 0 Å². The average molecular weight is 299 g/mol. The van der Waals surface area contributed by atoms with Gasteiger partial charge < -0.3 is 15.3 Å². The number of aliphatic hydroxyl groups is 1. The molecule has 1 aliphatic rings. The molecule has 1 rings (SSSR count). The van der Waals surface area contributed by atoms with E-state index in [-0.39, 0.29) is 12.1 Å². The maximum atomic E-state index is 9.80. The van der Waals surface area contributed by atoms with Crippen molar-refractivity contribution in [3.8, 4) is 0 Å². The zero-order chi connectivity index (χ0) is 15.9. The fraction of sp³-hybridized carbons (Fsp3) is 1.00. The van der Waals surface area contributed by atoms with Crippen LogP contribution in [-0.2, 0) is 0 Å². The molecule has 0 amide bonds. The highest BCUT2D eigenvalue weighted by atomic mass is 16.3. The second-order valence-corrected chi connectivity index (χ2v) is 7.60. The van der Waals surface area contributed by atoms with Crippen LogP contribution in [0, 0.1) is 5.92 Å². The van der Waals surface area contributed by atoms with Gasteiger partial charge in [0.15, 0.2) is 0 Å². The molecule has 0 bridgehead atoms. The first-order chi connectivity index (χ1) is 9.92. The molecule has 21 heavy (non-hydrogen) atoms. The Morgan fingerprint density at radius 3 is 2.57 bits per heavy atom. The molecule has 3 nitrogen and oxygen atoms in total. The van der Waals surface area contributed by atoms with Gasteiger partial charge in [-0.1, -0.05) is 40.5 Å². The SMILES string of the molecule is CCC(CO)(CCCN(C)C1CCCC(C)C1)NC(C)C. The molecule has 0 aliphatic heterocycles. The van der Waals surface area contributed by atoms with E-state index in [1.54, 1.807) is 0 Å². The third kappa shape index (κ3) is 6.25. The number of hydrogen-bond donors (Lipinski definition) is 2. The Kier molecular flexibility index (Phi) is 8.22. The van der Waals surface area contributed by atoms with Crippen LogP contribution in [-0.4, -0.2) is 47.8 Å². The van der Waals surface area contributed by atoms with Gasteiger partial charge >= 0.3 is 0 Å². The normalized spacial score (nSPS) is 26.3. The highest BCUT2D eigenvalue weighted by Gasteiger charge is 2.28. The van der Waals surface area contributed by atoms with Gasteiger partial charge in [0.2, 0.25) is 0 Å². The Morgan fingerprint density at radius 2 is 2.05 bits per heavy atom. The maximum absolute atomic E-state index is 9.80. The van der Waals surface area contributed by atoms with E-state index in [9.17, 15) is 5.11 Å². The van der Waals surface area contributed by atoms with Gasteiger partial charge in [0.1, 0.15) is 0 Å². The lowest BCUT2D eigenvalue weighted by Crippen LogP contribution is -2.51. The predicted octanol–water partition coefficient (Wildman–Crippen LogP) is 3.42. The Hall–Kier alpha value is -0.120. The van der Waals surface area contributed by atoms with E-state index in [1.165, 1.54) is 25.7 Å². The molecule has 1 fully saturated rings. The lowest BCUT2D eigenvalue weighted by atomic mass is 9.86. The molecule has 0 aromatic rings. The second-order valence-electron chi connectivity index (χ2n) is 7.60. The van der Waals surface area contributed by atoms with Crippen LogP contribution in [0.25, 0.3) is 0 Å². The lowest BCUT2D eigenvalue weighted by molar-refractivity contribution is 0.120. The largest absolute Gasteiger partial charge is 0.394 e. The van der Waals surface area contributed by atoms with Crippen molar-refractivity contribution >= 4 is 0 Å². The van der Waals surface area contributed by atoms with Crippen LogP contribution in [0.2, 0.25) is 0 Å². The molecule has 3 unspecified atom stereocenters. The minimum atomic E-state index is -0.0884. The molecule has 0 heterocycles. The third-order valence-electron chi connectivity index (χ3n) is 5.27. The topological polar surface area (TPSA) is 35.5 Å². The molecule has 3 heteroatoms. The highest BCUT2D eigenvalue weighted by molar-refractivity contribution is 4.88. The second kappa shape index (κ2) is 9.12. The van der Waals surface area contributed by atoms with Gasteiger partial charge in [-0.2, -0.15) is 0 Å². The molecule has 0 spiro atoms. The summed E-state index contributed by atoms with van der Waals surface area (Å²) in [7, 11) is 2.28. The third-order valence-corrected chi connectivity index (χ3v) is 5.27. The van der Waals surface area contributed by atoms with Crippen molar-refractivity contribution in [1.82, 2.24) is 10.2 Å². The van der Waals surface area contributed by atoms with Crippen molar-refractivity contribution < 1.29 is 5.11 Å². The van der Waals surface area contributed by atoms with E-state index in [0.29, 0.717) is 6.04 Å². The van der Waals surface area contributed by atoms with Gasteiger partial charge in [-0.25, -0.2) is 0 Å². The zero-order valence-electron chi connectivity index (χ0n) is 15.0. The van der Waals surface area contributed by atoms with Crippen LogP contribution in [0.1, 0.15) is 72.6 Å². The smallest absolute Gasteiger partial charge is 0.0613 e. The fourth-order valence-corrected chi connectivity index (χ4v) is 3.85. The molecule has 2 N–H and O–H groups in total. The predicted molar refractivity (Wildman–Crippen MR) is 91.7 cm³/mol. The summed E-state index contributed by atoms with van der Waals surface area (Å²) in [6.45, 7) is 10.3. The monoisotopic (exact) mass is 298 g/mol. The summed E-state index contributed by atoms with van der Waals surface area (Å²) in [6, 6.07) is 1.20. The summed E-state index contributed by atoms with van der Waals surface area (Å²) < 4.78 is 0. The van der Waals surface area contributed by atoms with E-state index in [4.69, 9.17) is 0 Å². The van der Waals surface area contributed by atoms with Gasteiger partial charge in [-0.15, -0.1) is 0 Å². The van der Waals surface area contributed by atoms with Gasteiger partial charge in [-0.3, -0.25) is 0 Å². The fourth-order valence-electron chi connectivity index (χ4n) is 3.85. The summed E-state index contributed by atoms with van der Waals surface area (Å²) in [6.07, 6.45) is 8.74. The van der Waals surface area contributed by atoms with Crippen molar-refractivity contribution in [1.29, 1.82) is 0 Å². The number of rotatable bonds is 9. The minimum Gasteiger partial charge on any atom is -0.394 e. The van der Waals surface area contributed by atoms with E-state index in [2.05, 4.69) is 45.0 Å². The van der Waals surface area contributed by atoms with Crippen LogP contribution in [0.3, 0.4) is 0 Å². The summed E-state index contributed by atoms with van der Waals surface area (Å²) in [5.41, 5.74) is -0.0884. The summed E-state index contributed by atoms with van der Waals surface area (Å²) in [5.74, 6) is 0.890. The first kappa shape index (κ1) is 18.9. The lowest BCUT2D eigenvalue weighted by Gasteiger charge is -2.37.